The SMILES string of the molecule is Cc1c(CNCC2CCCC(O)C2)n(C)c2ccccc12. The number of aliphatic hydroxyl groups is 1. The molecule has 3 heteroatoms. The van der Waals surface area contributed by atoms with Crippen molar-refractivity contribution in [3.8, 4) is 0 Å². The van der Waals surface area contributed by atoms with Crippen LogP contribution < -0.4 is 5.32 Å². The van der Waals surface area contributed by atoms with E-state index < -0.39 is 0 Å². The van der Waals surface area contributed by atoms with Crippen molar-refractivity contribution in [1.82, 2.24) is 9.88 Å². The summed E-state index contributed by atoms with van der Waals surface area (Å²) in [4.78, 5) is 0. The molecule has 3 nitrogen and oxygen atoms in total. The molecule has 2 aromatic rings. The van der Waals surface area contributed by atoms with Gasteiger partial charge in [0.1, 0.15) is 0 Å². The summed E-state index contributed by atoms with van der Waals surface area (Å²) >= 11 is 0. The average Bonchev–Trinajstić information content (AvgIpc) is 2.73. The predicted octanol–water partition coefficient (Wildman–Crippen LogP) is 3.13. The van der Waals surface area contributed by atoms with E-state index >= 15 is 0 Å². The van der Waals surface area contributed by atoms with Gasteiger partial charge in [0.05, 0.1) is 6.10 Å². The summed E-state index contributed by atoms with van der Waals surface area (Å²) in [6.07, 6.45) is 4.28. The zero-order valence-electron chi connectivity index (χ0n) is 13.1. The van der Waals surface area contributed by atoms with Crippen LogP contribution in [0.25, 0.3) is 10.9 Å². The van der Waals surface area contributed by atoms with Crippen LogP contribution in [-0.2, 0) is 13.6 Å². The Hall–Kier alpha value is -1.32. The van der Waals surface area contributed by atoms with Gasteiger partial charge in [-0.15, -0.1) is 0 Å². The third kappa shape index (κ3) is 2.99. The summed E-state index contributed by atoms with van der Waals surface area (Å²) < 4.78 is 2.30. The van der Waals surface area contributed by atoms with E-state index in [1.165, 1.54) is 35.0 Å². The van der Waals surface area contributed by atoms with Crippen LogP contribution in [0.5, 0.6) is 0 Å². The zero-order chi connectivity index (χ0) is 14.8. The molecule has 3 rings (SSSR count). The van der Waals surface area contributed by atoms with Gasteiger partial charge in [0, 0.05) is 30.2 Å². The van der Waals surface area contributed by atoms with Gasteiger partial charge in [0.15, 0.2) is 0 Å². The highest BCUT2D eigenvalue weighted by Crippen LogP contribution is 2.25. The number of nitrogens with zero attached hydrogens (tertiary/aromatic N) is 1. The molecular formula is C18H26N2O. The number of rotatable bonds is 4. The molecule has 0 bridgehead atoms. The summed E-state index contributed by atoms with van der Waals surface area (Å²) in [5.41, 5.74) is 4.05. The van der Waals surface area contributed by atoms with Gasteiger partial charge in [-0.1, -0.05) is 24.6 Å². The number of fused-ring (bicyclic) bond motifs is 1. The van der Waals surface area contributed by atoms with Crippen molar-refractivity contribution in [1.29, 1.82) is 0 Å². The highest BCUT2D eigenvalue weighted by molar-refractivity contribution is 5.85. The van der Waals surface area contributed by atoms with E-state index in [9.17, 15) is 5.11 Å². The topological polar surface area (TPSA) is 37.2 Å². The van der Waals surface area contributed by atoms with Crippen molar-refractivity contribution in [3.05, 3.63) is 35.5 Å². The first-order valence-electron chi connectivity index (χ1n) is 8.08. The Kier molecular flexibility index (Phi) is 4.32. The molecule has 0 amide bonds. The highest BCUT2D eigenvalue weighted by Gasteiger charge is 2.20. The Morgan fingerprint density at radius 3 is 2.86 bits per heavy atom. The van der Waals surface area contributed by atoms with Gasteiger partial charge in [-0.3, -0.25) is 0 Å². The quantitative estimate of drug-likeness (QED) is 0.906. The molecule has 1 aromatic carbocycles. The summed E-state index contributed by atoms with van der Waals surface area (Å²) in [6, 6.07) is 8.59. The zero-order valence-corrected chi connectivity index (χ0v) is 13.1. The lowest BCUT2D eigenvalue weighted by atomic mass is 9.87. The summed E-state index contributed by atoms with van der Waals surface area (Å²) in [5, 5.41) is 14.7. The second kappa shape index (κ2) is 6.20. The molecule has 1 aliphatic carbocycles. The maximum Gasteiger partial charge on any atom is 0.0543 e. The van der Waals surface area contributed by atoms with Crippen molar-refractivity contribution in [2.45, 2.75) is 45.3 Å². The number of nitrogens with one attached hydrogen (secondary N) is 1. The second-order valence-electron chi connectivity index (χ2n) is 6.47. The fourth-order valence-corrected chi connectivity index (χ4v) is 3.73. The maximum absolute atomic E-state index is 9.75. The Morgan fingerprint density at radius 2 is 2.10 bits per heavy atom. The molecule has 1 aliphatic rings. The number of aliphatic hydroxyl groups excluding tert-OH is 1. The van der Waals surface area contributed by atoms with Crippen LogP contribution >= 0.6 is 0 Å². The molecular weight excluding hydrogens is 260 g/mol. The third-order valence-corrected chi connectivity index (χ3v) is 4.99. The van der Waals surface area contributed by atoms with Crippen molar-refractivity contribution >= 4 is 10.9 Å². The van der Waals surface area contributed by atoms with E-state index in [-0.39, 0.29) is 6.10 Å². The van der Waals surface area contributed by atoms with Crippen LogP contribution in [0.4, 0.5) is 0 Å². The van der Waals surface area contributed by atoms with Gasteiger partial charge >= 0.3 is 0 Å². The average molecular weight is 286 g/mol. The van der Waals surface area contributed by atoms with Crippen LogP contribution in [-0.4, -0.2) is 22.3 Å². The smallest absolute Gasteiger partial charge is 0.0543 e. The van der Waals surface area contributed by atoms with Crippen LogP contribution in [0.15, 0.2) is 24.3 Å². The molecule has 1 saturated carbocycles. The van der Waals surface area contributed by atoms with Crippen molar-refractivity contribution in [2.75, 3.05) is 6.54 Å². The number of para-hydroxylation sites is 1. The largest absolute Gasteiger partial charge is 0.393 e. The minimum Gasteiger partial charge on any atom is -0.393 e. The first-order valence-corrected chi connectivity index (χ1v) is 8.08. The maximum atomic E-state index is 9.75. The van der Waals surface area contributed by atoms with Crippen molar-refractivity contribution in [3.63, 3.8) is 0 Å². The van der Waals surface area contributed by atoms with Gasteiger partial charge < -0.3 is 15.0 Å². The first-order chi connectivity index (χ1) is 10.2. The molecule has 2 unspecified atom stereocenters. The summed E-state index contributed by atoms with van der Waals surface area (Å²) in [6.45, 7) is 4.13. The fourth-order valence-electron chi connectivity index (χ4n) is 3.73. The lowest BCUT2D eigenvalue weighted by Gasteiger charge is -2.26. The molecule has 0 saturated heterocycles. The van der Waals surface area contributed by atoms with Crippen LogP contribution in [0, 0.1) is 12.8 Å². The molecule has 0 spiro atoms. The van der Waals surface area contributed by atoms with E-state index in [4.69, 9.17) is 0 Å². The molecule has 1 aromatic heterocycles. The molecule has 1 heterocycles. The second-order valence-corrected chi connectivity index (χ2v) is 6.47. The van der Waals surface area contributed by atoms with Gasteiger partial charge in [0.25, 0.3) is 0 Å². The van der Waals surface area contributed by atoms with Gasteiger partial charge in [-0.2, -0.15) is 0 Å². The van der Waals surface area contributed by atoms with E-state index in [2.05, 4.69) is 48.1 Å². The monoisotopic (exact) mass is 286 g/mol. The highest BCUT2D eigenvalue weighted by atomic mass is 16.3. The van der Waals surface area contributed by atoms with Crippen LogP contribution in [0.2, 0.25) is 0 Å². The van der Waals surface area contributed by atoms with Crippen molar-refractivity contribution in [2.24, 2.45) is 13.0 Å². The lowest BCUT2D eigenvalue weighted by Crippen LogP contribution is -2.29. The van der Waals surface area contributed by atoms with Gasteiger partial charge in [0.2, 0.25) is 0 Å². The Labute approximate surface area is 127 Å². The molecule has 2 atom stereocenters. The van der Waals surface area contributed by atoms with Crippen LogP contribution in [0.3, 0.4) is 0 Å². The molecule has 2 N–H and O–H groups in total. The number of aryl methyl sites for hydroxylation is 2. The molecule has 114 valence electrons. The Bertz CT molecular complexity index is 578. The fraction of sp³-hybridized carbons (Fsp3) is 0.556. The van der Waals surface area contributed by atoms with Crippen molar-refractivity contribution < 1.29 is 5.11 Å². The number of aromatic nitrogens is 1. The summed E-state index contributed by atoms with van der Waals surface area (Å²) in [7, 11) is 2.15. The van der Waals surface area contributed by atoms with E-state index in [0.717, 1.165) is 25.9 Å². The first kappa shape index (κ1) is 14.6. The molecule has 0 aliphatic heterocycles. The van der Waals surface area contributed by atoms with Gasteiger partial charge in [-0.05, 0) is 50.3 Å². The minimum absolute atomic E-state index is 0.0788. The van der Waals surface area contributed by atoms with E-state index in [1.54, 1.807) is 0 Å². The van der Waals surface area contributed by atoms with E-state index in [0.29, 0.717) is 5.92 Å². The minimum atomic E-state index is -0.0788. The van der Waals surface area contributed by atoms with Gasteiger partial charge in [-0.25, -0.2) is 0 Å². The Morgan fingerprint density at radius 1 is 1.29 bits per heavy atom. The normalized spacial score (nSPS) is 22.8. The predicted molar refractivity (Wildman–Crippen MR) is 87.3 cm³/mol. The molecule has 0 radical (unpaired) electrons. The lowest BCUT2D eigenvalue weighted by molar-refractivity contribution is 0.100. The third-order valence-electron chi connectivity index (χ3n) is 4.99. The number of hydrogen-bond acceptors (Lipinski definition) is 2. The number of hydrogen-bond donors (Lipinski definition) is 2. The molecule has 21 heavy (non-hydrogen) atoms. The Balaban J connectivity index is 1.65. The van der Waals surface area contributed by atoms with E-state index in [1.807, 2.05) is 0 Å². The summed E-state index contributed by atoms with van der Waals surface area (Å²) in [5.74, 6) is 0.628. The standard InChI is InChI=1S/C18H26N2O/c1-13-16-8-3-4-9-17(16)20(2)18(13)12-19-11-14-6-5-7-15(21)10-14/h3-4,8-9,14-15,19,21H,5-7,10-12H2,1-2H3. The van der Waals surface area contributed by atoms with Crippen LogP contribution in [0.1, 0.15) is 36.9 Å². The molecule has 1 fully saturated rings. The number of benzene rings is 1.